The molecule has 0 aliphatic heterocycles. The van der Waals surface area contributed by atoms with E-state index >= 15 is 0 Å². The van der Waals surface area contributed by atoms with E-state index in [0.29, 0.717) is 0 Å². The fraction of sp³-hybridized carbons (Fsp3) is 0. The zero-order chi connectivity index (χ0) is 13.3. The molecule has 0 fully saturated rings. The summed E-state index contributed by atoms with van der Waals surface area (Å²) in [4.78, 5) is 25.4. The highest BCUT2D eigenvalue weighted by atomic mass is 35.5. The number of nitrogen functional groups attached to an aromatic ring is 1. The molecule has 0 radical (unpaired) electrons. The molecule has 0 spiro atoms. The van der Waals surface area contributed by atoms with Crippen LogP contribution in [0, 0.1) is 10.1 Å². The first-order valence-corrected chi connectivity index (χ1v) is 5.02. The molecule has 0 aliphatic carbocycles. The molecule has 8 nitrogen and oxygen atoms in total. The smallest absolute Gasteiger partial charge is 0.281 e. The number of hydrogen-bond acceptors (Lipinski definition) is 6. The van der Waals surface area contributed by atoms with Gasteiger partial charge in [0.1, 0.15) is 6.33 Å². The van der Waals surface area contributed by atoms with Gasteiger partial charge in [-0.3, -0.25) is 14.9 Å². The number of hydrogen-bond donors (Lipinski definition) is 1. The first kappa shape index (κ1) is 12.0. The number of carbonyl (C=O) groups is 1. The van der Waals surface area contributed by atoms with Gasteiger partial charge in [0.15, 0.2) is 0 Å². The van der Waals surface area contributed by atoms with Gasteiger partial charge in [0.2, 0.25) is 5.95 Å². The van der Waals surface area contributed by atoms with E-state index < -0.39 is 10.8 Å². The van der Waals surface area contributed by atoms with Gasteiger partial charge in [0.25, 0.3) is 11.6 Å². The summed E-state index contributed by atoms with van der Waals surface area (Å²) in [7, 11) is 0. The number of aromatic nitrogens is 3. The second kappa shape index (κ2) is 4.41. The number of rotatable bonds is 2. The average Bonchev–Trinajstić information content (AvgIpc) is 2.74. The lowest BCUT2D eigenvalue weighted by Gasteiger charge is -2.02. The minimum absolute atomic E-state index is 0.0386. The summed E-state index contributed by atoms with van der Waals surface area (Å²) in [6, 6.07) is 3.52. The van der Waals surface area contributed by atoms with Gasteiger partial charge in [0, 0.05) is 12.1 Å². The molecule has 2 N–H and O–H groups in total. The summed E-state index contributed by atoms with van der Waals surface area (Å²) < 4.78 is 0.905. The van der Waals surface area contributed by atoms with Gasteiger partial charge >= 0.3 is 0 Å². The third-order valence-electron chi connectivity index (χ3n) is 2.11. The molecule has 9 heteroatoms. The lowest BCUT2D eigenvalue weighted by atomic mass is 10.2. The highest BCUT2D eigenvalue weighted by Crippen LogP contribution is 2.23. The van der Waals surface area contributed by atoms with E-state index in [1.54, 1.807) is 0 Å². The Morgan fingerprint density at radius 2 is 2.22 bits per heavy atom. The highest BCUT2D eigenvalue weighted by molar-refractivity contribution is 6.34. The Kier molecular flexibility index (Phi) is 2.94. The molecule has 1 aromatic carbocycles. The van der Waals surface area contributed by atoms with Crippen LogP contribution in [0.15, 0.2) is 24.5 Å². The molecule has 0 aliphatic rings. The fourth-order valence-corrected chi connectivity index (χ4v) is 1.54. The van der Waals surface area contributed by atoms with E-state index in [9.17, 15) is 14.9 Å². The van der Waals surface area contributed by atoms with Crippen LogP contribution < -0.4 is 5.73 Å². The van der Waals surface area contributed by atoms with Crippen LogP contribution >= 0.6 is 11.6 Å². The predicted molar refractivity (Wildman–Crippen MR) is 62.3 cm³/mol. The number of nitro groups is 1. The molecule has 2 rings (SSSR count). The van der Waals surface area contributed by atoms with E-state index in [1.807, 2.05) is 0 Å². The summed E-state index contributed by atoms with van der Waals surface area (Å²) in [6.45, 7) is 0. The maximum Gasteiger partial charge on any atom is 0.281 e. The van der Waals surface area contributed by atoms with Gasteiger partial charge < -0.3 is 5.73 Å². The number of non-ortho nitro benzene ring substituents is 1. The molecule has 0 unspecified atom stereocenters. The van der Waals surface area contributed by atoms with Gasteiger partial charge in [-0.1, -0.05) is 11.6 Å². The number of nitrogens with two attached hydrogens (primary N) is 1. The molecular formula is C9H6ClN5O3. The van der Waals surface area contributed by atoms with Crippen molar-refractivity contribution in [2.24, 2.45) is 0 Å². The molecule has 0 bridgehead atoms. The monoisotopic (exact) mass is 267 g/mol. The second-order valence-corrected chi connectivity index (χ2v) is 3.68. The van der Waals surface area contributed by atoms with Crippen LogP contribution in [-0.2, 0) is 0 Å². The van der Waals surface area contributed by atoms with Gasteiger partial charge in [0.05, 0.1) is 15.5 Å². The van der Waals surface area contributed by atoms with Crippen LogP contribution in [0.4, 0.5) is 11.6 Å². The van der Waals surface area contributed by atoms with Crippen LogP contribution in [0.25, 0.3) is 0 Å². The maximum absolute atomic E-state index is 11.9. The molecule has 1 heterocycles. The molecule has 92 valence electrons. The standard InChI is InChI=1S/C9H6ClN5O3/c10-7-3-5(15(17)18)1-2-6(7)8(16)14-4-12-9(11)13-14/h1-4H,(H2,11,13). The number of anilines is 1. The largest absolute Gasteiger partial charge is 0.366 e. The van der Waals surface area contributed by atoms with E-state index in [0.717, 1.165) is 17.1 Å². The SMILES string of the molecule is Nc1ncn(C(=O)c2ccc([N+](=O)[O-])cc2Cl)n1. The Hall–Kier alpha value is -2.48. The van der Waals surface area contributed by atoms with Gasteiger partial charge in [-0.05, 0) is 6.07 Å². The van der Waals surface area contributed by atoms with Crippen LogP contribution in [-0.4, -0.2) is 25.6 Å². The molecule has 0 amide bonds. The Labute approximate surface area is 105 Å². The molecular weight excluding hydrogens is 262 g/mol. The van der Waals surface area contributed by atoms with Crippen molar-refractivity contribution in [3.63, 3.8) is 0 Å². The molecule has 2 aromatic rings. The Bertz CT molecular complexity index is 639. The molecule has 18 heavy (non-hydrogen) atoms. The summed E-state index contributed by atoms with van der Waals surface area (Å²) in [5.41, 5.74) is 5.16. The second-order valence-electron chi connectivity index (χ2n) is 3.27. The summed E-state index contributed by atoms with van der Waals surface area (Å²) in [6.07, 6.45) is 1.13. The summed E-state index contributed by atoms with van der Waals surface area (Å²) in [5, 5.41) is 14.1. The third-order valence-corrected chi connectivity index (χ3v) is 2.42. The molecule has 0 saturated carbocycles. The zero-order valence-corrected chi connectivity index (χ0v) is 9.53. The molecule has 0 saturated heterocycles. The van der Waals surface area contributed by atoms with Crippen molar-refractivity contribution in [2.45, 2.75) is 0 Å². The van der Waals surface area contributed by atoms with Gasteiger partial charge in [-0.15, -0.1) is 5.10 Å². The number of nitrogens with zero attached hydrogens (tertiary/aromatic N) is 4. The van der Waals surface area contributed by atoms with E-state index in [1.165, 1.54) is 12.1 Å². The lowest BCUT2D eigenvalue weighted by molar-refractivity contribution is -0.384. The number of carbonyl (C=O) groups excluding carboxylic acids is 1. The molecule has 1 aromatic heterocycles. The lowest BCUT2D eigenvalue weighted by Crippen LogP contribution is -2.13. The van der Waals surface area contributed by atoms with Gasteiger partial charge in [-0.25, -0.2) is 4.98 Å². The summed E-state index contributed by atoms with van der Waals surface area (Å²) in [5.74, 6) is -0.625. The van der Waals surface area contributed by atoms with Crippen molar-refractivity contribution in [3.8, 4) is 0 Å². The van der Waals surface area contributed by atoms with Crippen molar-refractivity contribution in [2.75, 3.05) is 5.73 Å². The third kappa shape index (κ3) is 2.13. The normalized spacial score (nSPS) is 10.3. The minimum Gasteiger partial charge on any atom is -0.366 e. The number of nitro benzene ring substituents is 1. The van der Waals surface area contributed by atoms with Crippen LogP contribution in [0.2, 0.25) is 5.02 Å². The maximum atomic E-state index is 11.9. The zero-order valence-electron chi connectivity index (χ0n) is 8.78. The van der Waals surface area contributed by atoms with Crippen molar-refractivity contribution in [1.29, 1.82) is 0 Å². The first-order chi connectivity index (χ1) is 8.49. The van der Waals surface area contributed by atoms with Crippen molar-refractivity contribution >= 4 is 29.1 Å². The Morgan fingerprint density at radius 3 is 2.72 bits per heavy atom. The Morgan fingerprint density at radius 1 is 1.50 bits per heavy atom. The van der Waals surface area contributed by atoms with Crippen molar-refractivity contribution in [1.82, 2.24) is 14.8 Å². The number of halogens is 1. The van der Waals surface area contributed by atoms with Crippen LogP contribution in [0.1, 0.15) is 10.4 Å². The molecule has 0 atom stereocenters. The van der Waals surface area contributed by atoms with E-state index in [4.69, 9.17) is 17.3 Å². The van der Waals surface area contributed by atoms with Crippen LogP contribution in [0.5, 0.6) is 0 Å². The highest BCUT2D eigenvalue weighted by Gasteiger charge is 2.17. The number of benzene rings is 1. The van der Waals surface area contributed by atoms with Crippen LogP contribution in [0.3, 0.4) is 0 Å². The fourth-order valence-electron chi connectivity index (χ4n) is 1.29. The van der Waals surface area contributed by atoms with Crippen molar-refractivity contribution in [3.05, 3.63) is 45.2 Å². The minimum atomic E-state index is -0.604. The van der Waals surface area contributed by atoms with Gasteiger partial charge in [-0.2, -0.15) is 4.68 Å². The summed E-state index contributed by atoms with van der Waals surface area (Å²) >= 11 is 5.81. The average molecular weight is 268 g/mol. The first-order valence-electron chi connectivity index (χ1n) is 4.65. The van der Waals surface area contributed by atoms with Crippen molar-refractivity contribution < 1.29 is 9.72 Å². The quantitative estimate of drug-likeness (QED) is 0.643. The predicted octanol–water partition coefficient (Wildman–Crippen LogP) is 1.11. The van der Waals surface area contributed by atoms with E-state index in [2.05, 4.69) is 10.1 Å². The topological polar surface area (TPSA) is 117 Å². The Balaban J connectivity index is 2.40. The van der Waals surface area contributed by atoms with E-state index in [-0.39, 0.29) is 22.2 Å².